The summed E-state index contributed by atoms with van der Waals surface area (Å²) in [6.45, 7) is 2.30. The fourth-order valence-corrected chi connectivity index (χ4v) is 4.69. The van der Waals surface area contributed by atoms with Gasteiger partial charge in [-0.25, -0.2) is 9.59 Å². The minimum Gasteiger partial charge on any atom is -0.465 e. The average molecular weight is 586 g/mol. The van der Waals surface area contributed by atoms with E-state index in [0.29, 0.717) is 29.2 Å². The molecule has 6 nitrogen and oxygen atoms in total. The summed E-state index contributed by atoms with van der Waals surface area (Å²) in [5.41, 5.74) is -5.66. The first kappa shape index (κ1) is 30.9. The molecular formula is C25H23F9N2O4. The van der Waals surface area contributed by atoms with Crippen molar-refractivity contribution in [2.24, 2.45) is 5.92 Å². The highest BCUT2D eigenvalue weighted by molar-refractivity contribution is 5.89. The van der Waals surface area contributed by atoms with Gasteiger partial charge in [0.15, 0.2) is 0 Å². The Labute approximate surface area is 221 Å². The lowest BCUT2D eigenvalue weighted by Gasteiger charge is -2.44. The second-order valence-electron chi connectivity index (χ2n) is 9.50. The van der Waals surface area contributed by atoms with Gasteiger partial charge >= 0.3 is 30.7 Å². The number of rotatable bonds is 4. The van der Waals surface area contributed by atoms with Gasteiger partial charge in [0.2, 0.25) is 0 Å². The third-order valence-corrected chi connectivity index (χ3v) is 6.53. The summed E-state index contributed by atoms with van der Waals surface area (Å²) in [6, 6.07) is 0.499. The highest BCUT2D eigenvalue weighted by atomic mass is 19.4. The number of hydrogen-bond donors (Lipinski definition) is 1. The molecule has 40 heavy (non-hydrogen) atoms. The number of alkyl halides is 9. The van der Waals surface area contributed by atoms with Crippen LogP contribution in [0.1, 0.15) is 54.1 Å². The average Bonchev–Trinajstić information content (AvgIpc) is 2.83. The van der Waals surface area contributed by atoms with E-state index >= 15 is 0 Å². The Kier molecular flexibility index (Phi) is 8.28. The molecule has 1 aliphatic heterocycles. The molecule has 220 valence electrons. The second kappa shape index (κ2) is 10.7. The van der Waals surface area contributed by atoms with E-state index in [-0.39, 0.29) is 23.7 Å². The number of carboxylic acid groups (broad SMARTS) is 1. The molecular weight excluding hydrogens is 563 g/mol. The molecule has 2 amide bonds. The van der Waals surface area contributed by atoms with Crippen LogP contribution in [-0.4, -0.2) is 35.3 Å². The van der Waals surface area contributed by atoms with Crippen LogP contribution in [0.5, 0.6) is 0 Å². The number of hydrogen-bond acceptors (Lipinski definition) is 3. The molecule has 2 aromatic rings. The van der Waals surface area contributed by atoms with E-state index in [1.54, 1.807) is 13.8 Å². The molecule has 2 atom stereocenters. The topological polar surface area (TPSA) is 70.1 Å². The van der Waals surface area contributed by atoms with E-state index in [4.69, 9.17) is 4.74 Å². The minimum atomic E-state index is -5.18. The lowest BCUT2D eigenvalue weighted by atomic mass is 9.84. The van der Waals surface area contributed by atoms with Crippen molar-refractivity contribution >= 4 is 17.9 Å². The Morgan fingerprint density at radius 3 is 1.88 bits per heavy atom. The summed E-state index contributed by atoms with van der Waals surface area (Å²) in [7, 11) is 0.877. The number of amides is 2. The van der Waals surface area contributed by atoms with Gasteiger partial charge in [0.1, 0.15) is 0 Å². The molecule has 0 unspecified atom stereocenters. The van der Waals surface area contributed by atoms with Crippen molar-refractivity contribution in [1.82, 2.24) is 4.90 Å². The molecule has 0 fully saturated rings. The summed E-state index contributed by atoms with van der Waals surface area (Å²) >= 11 is 0. The van der Waals surface area contributed by atoms with Gasteiger partial charge in [-0.1, -0.05) is 13.8 Å². The van der Waals surface area contributed by atoms with Crippen LogP contribution >= 0.6 is 0 Å². The summed E-state index contributed by atoms with van der Waals surface area (Å²) in [4.78, 5) is 26.5. The maximum atomic E-state index is 13.6. The predicted octanol–water partition coefficient (Wildman–Crippen LogP) is 7.97. The number of methoxy groups -OCH3 is 1. The van der Waals surface area contributed by atoms with E-state index in [2.05, 4.69) is 0 Å². The molecule has 0 spiro atoms. The van der Waals surface area contributed by atoms with Crippen LogP contribution < -0.4 is 4.90 Å². The number of fused-ring (bicyclic) bond motifs is 1. The van der Waals surface area contributed by atoms with Gasteiger partial charge in [-0.2, -0.15) is 39.5 Å². The lowest BCUT2D eigenvalue weighted by Crippen LogP contribution is -2.50. The van der Waals surface area contributed by atoms with Gasteiger partial charge in [-0.15, -0.1) is 0 Å². The number of halogens is 9. The van der Waals surface area contributed by atoms with Crippen LogP contribution in [0.25, 0.3) is 0 Å². The highest BCUT2D eigenvalue weighted by Gasteiger charge is 2.44. The van der Waals surface area contributed by atoms with Gasteiger partial charge in [0, 0.05) is 12.6 Å². The molecule has 3 rings (SSSR count). The van der Waals surface area contributed by atoms with E-state index in [1.807, 2.05) is 0 Å². The van der Waals surface area contributed by atoms with Crippen LogP contribution in [0.3, 0.4) is 0 Å². The van der Waals surface area contributed by atoms with Gasteiger partial charge in [-0.3, -0.25) is 9.80 Å². The SMILES string of the molecule is COC(=O)N(Cc1cc(C(F)(F)F)cc(C(F)(F)F)c1)[C@H]1C[C@@H](C(C)C)N(C(=O)O)c2ccc(C(F)(F)F)cc21. The molecule has 0 bridgehead atoms. The van der Waals surface area contributed by atoms with Gasteiger partial charge in [0.05, 0.1) is 35.5 Å². The number of benzene rings is 2. The zero-order valence-electron chi connectivity index (χ0n) is 21.1. The van der Waals surface area contributed by atoms with Gasteiger partial charge in [-0.05, 0) is 59.9 Å². The first-order chi connectivity index (χ1) is 18.3. The number of ether oxygens (including phenoxy) is 1. The number of carbonyl (C=O) groups is 2. The monoisotopic (exact) mass is 586 g/mol. The van der Waals surface area contributed by atoms with Gasteiger partial charge in [0.25, 0.3) is 0 Å². The molecule has 2 aromatic carbocycles. The lowest BCUT2D eigenvalue weighted by molar-refractivity contribution is -0.143. The quantitative estimate of drug-likeness (QED) is 0.369. The molecule has 0 aliphatic carbocycles. The minimum absolute atomic E-state index is 0.100. The Bertz CT molecular complexity index is 1240. The van der Waals surface area contributed by atoms with Crippen LogP contribution in [0, 0.1) is 5.92 Å². The zero-order chi connectivity index (χ0) is 30.4. The predicted molar refractivity (Wildman–Crippen MR) is 122 cm³/mol. The first-order valence-corrected chi connectivity index (χ1v) is 11.6. The molecule has 1 aliphatic rings. The van der Waals surface area contributed by atoms with Crippen molar-refractivity contribution in [2.45, 2.75) is 57.4 Å². The first-order valence-electron chi connectivity index (χ1n) is 11.6. The third-order valence-electron chi connectivity index (χ3n) is 6.53. The molecule has 0 radical (unpaired) electrons. The molecule has 0 aromatic heterocycles. The number of anilines is 1. The summed E-state index contributed by atoms with van der Waals surface area (Å²) in [5, 5.41) is 9.85. The summed E-state index contributed by atoms with van der Waals surface area (Å²) in [5.74, 6) is -0.459. The third kappa shape index (κ3) is 6.39. The Hall–Kier alpha value is -3.65. The largest absolute Gasteiger partial charge is 0.465 e. The van der Waals surface area contributed by atoms with E-state index in [0.717, 1.165) is 18.1 Å². The smallest absolute Gasteiger partial charge is 0.416 e. The Balaban J connectivity index is 2.25. The van der Waals surface area contributed by atoms with Crippen LogP contribution in [-0.2, 0) is 29.8 Å². The summed E-state index contributed by atoms with van der Waals surface area (Å²) < 4.78 is 126. The Morgan fingerprint density at radius 1 is 0.925 bits per heavy atom. The van der Waals surface area contributed by atoms with Crippen molar-refractivity contribution in [3.63, 3.8) is 0 Å². The van der Waals surface area contributed by atoms with E-state index < -0.39 is 77.5 Å². The maximum Gasteiger partial charge on any atom is 0.416 e. The fourth-order valence-electron chi connectivity index (χ4n) is 4.69. The molecule has 1 heterocycles. The van der Waals surface area contributed by atoms with E-state index in [9.17, 15) is 54.2 Å². The Morgan fingerprint density at radius 2 is 1.45 bits per heavy atom. The van der Waals surface area contributed by atoms with Gasteiger partial charge < -0.3 is 9.84 Å². The van der Waals surface area contributed by atoms with Crippen LogP contribution in [0.4, 0.5) is 54.8 Å². The molecule has 15 heteroatoms. The van der Waals surface area contributed by atoms with Crippen molar-refractivity contribution in [1.29, 1.82) is 0 Å². The molecule has 0 saturated carbocycles. The summed E-state index contributed by atoms with van der Waals surface area (Å²) in [6.07, 6.45) is -18.3. The van der Waals surface area contributed by atoms with E-state index in [1.165, 1.54) is 0 Å². The normalized spacial score (nSPS) is 18.0. The number of nitrogens with zero attached hydrogens (tertiary/aromatic N) is 2. The fraction of sp³-hybridized carbons (Fsp3) is 0.440. The maximum absolute atomic E-state index is 13.6. The zero-order valence-corrected chi connectivity index (χ0v) is 21.1. The van der Waals surface area contributed by atoms with Crippen molar-refractivity contribution in [3.05, 3.63) is 64.2 Å². The highest BCUT2D eigenvalue weighted by Crippen LogP contribution is 2.46. The number of carbonyl (C=O) groups excluding carboxylic acids is 1. The standard InChI is InChI=1S/C25H23F9N2O4/c1-12(2)19-10-20(17-9-14(23(26,27)28)4-5-18(17)36(19)21(37)38)35(22(39)40-3)11-13-6-15(24(29,30)31)8-16(7-13)25(32,33)34/h4-9,12,19-20H,10-11H2,1-3H3,(H,37,38)/t19-,20-/m0/s1. The van der Waals surface area contributed by atoms with Crippen LogP contribution in [0.2, 0.25) is 0 Å². The van der Waals surface area contributed by atoms with Crippen molar-refractivity contribution in [3.8, 4) is 0 Å². The van der Waals surface area contributed by atoms with Crippen molar-refractivity contribution < 1.29 is 58.9 Å². The van der Waals surface area contributed by atoms with Crippen LogP contribution in [0.15, 0.2) is 36.4 Å². The van der Waals surface area contributed by atoms with Crippen molar-refractivity contribution in [2.75, 3.05) is 12.0 Å². The molecule has 1 N–H and O–H groups in total. The second-order valence-corrected chi connectivity index (χ2v) is 9.50. The molecule has 0 saturated heterocycles.